The van der Waals surface area contributed by atoms with Crippen LogP contribution in [-0.2, 0) is 9.63 Å². The summed E-state index contributed by atoms with van der Waals surface area (Å²) in [6, 6.07) is 0.300. The summed E-state index contributed by atoms with van der Waals surface area (Å²) in [7, 11) is 0. The molecule has 1 heterocycles. The monoisotopic (exact) mass is 143 g/mol. The van der Waals surface area contributed by atoms with Crippen molar-refractivity contribution in [1.82, 2.24) is 5.06 Å². The minimum Gasteiger partial charge on any atom is -0.295 e. The molecule has 0 aromatic carbocycles. The molecule has 1 unspecified atom stereocenters. The topological polar surface area (TPSA) is 29.5 Å². The van der Waals surface area contributed by atoms with Gasteiger partial charge in [0.25, 0.3) is 0 Å². The Hall–Kier alpha value is -0.410. The van der Waals surface area contributed by atoms with Crippen molar-refractivity contribution in [3.63, 3.8) is 0 Å². The third-order valence-electron chi connectivity index (χ3n) is 1.63. The summed E-state index contributed by atoms with van der Waals surface area (Å²) in [6.07, 6.45) is -0.234. The summed E-state index contributed by atoms with van der Waals surface area (Å²) in [5.74, 6) is 0.175. The molecule has 0 radical (unpaired) electrons. The summed E-state index contributed by atoms with van der Waals surface area (Å²) in [4.78, 5) is 16.1. The minimum atomic E-state index is -0.234. The van der Waals surface area contributed by atoms with E-state index in [1.54, 1.807) is 12.0 Å². The number of ketones is 1. The number of carbonyl (C=O) groups is 1. The number of carbonyl (C=O) groups excluding carboxylic acids is 1. The average Bonchev–Trinajstić information content (AvgIpc) is 2.13. The van der Waals surface area contributed by atoms with Gasteiger partial charge < -0.3 is 0 Å². The number of rotatable bonds is 1. The van der Waals surface area contributed by atoms with Gasteiger partial charge in [0, 0.05) is 6.04 Å². The normalized spacial score (nSPS) is 28.4. The maximum Gasteiger partial charge on any atom is 0.179 e. The van der Waals surface area contributed by atoms with Crippen LogP contribution in [0.3, 0.4) is 0 Å². The SMILES string of the molecule is CC1ON(C(C)C)CC1=O. The summed E-state index contributed by atoms with van der Waals surface area (Å²) in [6.45, 7) is 6.24. The van der Waals surface area contributed by atoms with Crippen molar-refractivity contribution < 1.29 is 9.63 Å². The van der Waals surface area contributed by atoms with Crippen molar-refractivity contribution in [3.8, 4) is 0 Å². The van der Waals surface area contributed by atoms with Gasteiger partial charge in [-0.1, -0.05) is 0 Å². The molecule has 0 aromatic heterocycles. The van der Waals surface area contributed by atoms with E-state index in [0.717, 1.165) is 0 Å². The van der Waals surface area contributed by atoms with Crippen molar-refractivity contribution >= 4 is 5.78 Å². The van der Waals surface area contributed by atoms with Gasteiger partial charge in [-0.15, -0.1) is 0 Å². The molecule has 0 bridgehead atoms. The van der Waals surface area contributed by atoms with Crippen LogP contribution >= 0.6 is 0 Å². The van der Waals surface area contributed by atoms with Crippen LogP contribution < -0.4 is 0 Å². The van der Waals surface area contributed by atoms with Crippen molar-refractivity contribution in [3.05, 3.63) is 0 Å². The van der Waals surface area contributed by atoms with Gasteiger partial charge in [-0.3, -0.25) is 9.63 Å². The highest BCUT2D eigenvalue weighted by Gasteiger charge is 2.29. The van der Waals surface area contributed by atoms with Gasteiger partial charge in [-0.05, 0) is 20.8 Å². The van der Waals surface area contributed by atoms with E-state index in [1.165, 1.54) is 0 Å². The van der Waals surface area contributed by atoms with Crippen molar-refractivity contribution in [2.24, 2.45) is 0 Å². The molecule has 10 heavy (non-hydrogen) atoms. The lowest BCUT2D eigenvalue weighted by molar-refractivity contribution is -0.161. The molecule has 0 amide bonds. The quantitative estimate of drug-likeness (QED) is 0.538. The van der Waals surface area contributed by atoms with Crippen molar-refractivity contribution in [1.29, 1.82) is 0 Å². The van der Waals surface area contributed by atoms with E-state index >= 15 is 0 Å². The highest BCUT2D eigenvalue weighted by molar-refractivity contribution is 5.85. The largest absolute Gasteiger partial charge is 0.295 e. The van der Waals surface area contributed by atoms with E-state index in [4.69, 9.17) is 4.84 Å². The van der Waals surface area contributed by atoms with Crippen LogP contribution in [0.2, 0.25) is 0 Å². The molecule has 0 N–H and O–H groups in total. The first kappa shape index (κ1) is 7.69. The van der Waals surface area contributed by atoms with Gasteiger partial charge in [0.05, 0.1) is 6.54 Å². The Morgan fingerprint density at radius 3 is 2.50 bits per heavy atom. The second kappa shape index (κ2) is 2.68. The molecule has 1 aliphatic heterocycles. The van der Waals surface area contributed by atoms with Crippen LogP contribution in [0, 0.1) is 0 Å². The number of hydrogen-bond acceptors (Lipinski definition) is 3. The van der Waals surface area contributed by atoms with E-state index in [0.29, 0.717) is 12.6 Å². The summed E-state index contributed by atoms with van der Waals surface area (Å²) in [5.41, 5.74) is 0. The Labute approximate surface area is 60.9 Å². The smallest absolute Gasteiger partial charge is 0.179 e. The second-order valence-corrected chi connectivity index (χ2v) is 2.88. The number of hydrogen-bond donors (Lipinski definition) is 0. The maximum atomic E-state index is 10.9. The molecular weight excluding hydrogens is 130 g/mol. The first-order valence-electron chi connectivity index (χ1n) is 3.57. The molecule has 58 valence electrons. The van der Waals surface area contributed by atoms with Crippen molar-refractivity contribution in [2.75, 3.05) is 6.54 Å². The summed E-state index contributed by atoms with van der Waals surface area (Å²) in [5, 5.41) is 1.72. The van der Waals surface area contributed by atoms with Gasteiger partial charge in [0.1, 0.15) is 6.10 Å². The summed E-state index contributed by atoms with van der Waals surface area (Å²) < 4.78 is 0. The van der Waals surface area contributed by atoms with Crippen LogP contribution in [0.1, 0.15) is 20.8 Å². The third-order valence-corrected chi connectivity index (χ3v) is 1.63. The highest BCUT2D eigenvalue weighted by Crippen LogP contribution is 2.11. The maximum absolute atomic E-state index is 10.9. The molecule has 0 aromatic rings. The van der Waals surface area contributed by atoms with E-state index in [2.05, 4.69) is 0 Å². The van der Waals surface area contributed by atoms with Gasteiger partial charge in [0.15, 0.2) is 5.78 Å². The van der Waals surface area contributed by atoms with E-state index in [1.807, 2.05) is 13.8 Å². The first-order valence-corrected chi connectivity index (χ1v) is 3.57. The Kier molecular flexibility index (Phi) is 2.06. The van der Waals surface area contributed by atoms with Crippen LogP contribution in [0.25, 0.3) is 0 Å². The van der Waals surface area contributed by atoms with Crippen LogP contribution in [0.5, 0.6) is 0 Å². The molecule has 0 spiro atoms. The molecule has 0 aliphatic carbocycles. The molecule has 3 nitrogen and oxygen atoms in total. The Bertz CT molecular complexity index is 145. The Balaban J connectivity index is 2.49. The van der Waals surface area contributed by atoms with Crippen LogP contribution in [0.15, 0.2) is 0 Å². The lowest BCUT2D eigenvalue weighted by Gasteiger charge is -2.17. The molecule has 1 rings (SSSR count). The Morgan fingerprint density at radius 1 is 1.70 bits per heavy atom. The molecular formula is C7H13NO2. The lowest BCUT2D eigenvalue weighted by atomic mass is 10.3. The van der Waals surface area contributed by atoms with Crippen molar-refractivity contribution in [2.45, 2.75) is 32.9 Å². The predicted molar refractivity (Wildman–Crippen MR) is 37.4 cm³/mol. The van der Waals surface area contributed by atoms with Crippen LogP contribution in [-0.4, -0.2) is 29.5 Å². The fourth-order valence-corrected chi connectivity index (χ4v) is 0.886. The van der Waals surface area contributed by atoms with Gasteiger partial charge in [-0.2, -0.15) is 5.06 Å². The standard InChI is InChI=1S/C7H13NO2/c1-5(2)8-4-7(9)6(3)10-8/h5-6H,4H2,1-3H3. The zero-order valence-electron chi connectivity index (χ0n) is 6.63. The molecule has 1 atom stereocenters. The van der Waals surface area contributed by atoms with Gasteiger partial charge in [-0.25, -0.2) is 0 Å². The lowest BCUT2D eigenvalue weighted by Crippen LogP contribution is -2.27. The second-order valence-electron chi connectivity index (χ2n) is 2.88. The van der Waals surface area contributed by atoms with Gasteiger partial charge >= 0.3 is 0 Å². The zero-order chi connectivity index (χ0) is 7.72. The highest BCUT2D eigenvalue weighted by atomic mass is 16.7. The molecule has 1 aliphatic rings. The molecule has 3 heteroatoms. The number of Topliss-reactive ketones (excluding diaryl/α,β-unsaturated/α-hetero) is 1. The Morgan fingerprint density at radius 2 is 2.30 bits per heavy atom. The minimum absolute atomic E-state index is 0.175. The first-order chi connectivity index (χ1) is 4.61. The summed E-state index contributed by atoms with van der Waals surface area (Å²) >= 11 is 0. The van der Waals surface area contributed by atoms with E-state index < -0.39 is 0 Å². The van der Waals surface area contributed by atoms with E-state index in [-0.39, 0.29) is 11.9 Å². The molecule has 1 fully saturated rings. The molecule has 1 saturated heterocycles. The average molecular weight is 143 g/mol. The number of nitrogens with zero attached hydrogens (tertiary/aromatic N) is 1. The number of hydroxylamine groups is 2. The third kappa shape index (κ3) is 1.36. The zero-order valence-corrected chi connectivity index (χ0v) is 6.63. The fourth-order valence-electron chi connectivity index (χ4n) is 0.886. The van der Waals surface area contributed by atoms with E-state index in [9.17, 15) is 4.79 Å². The van der Waals surface area contributed by atoms with Gasteiger partial charge in [0.2, 0.25) is 0 Å². The predicted octanol–water partition coefficient (Wildman–Crippen LogP) is 0.600. The fraction of sp³-hybridized carbons (Fsp3) is 0.857. The van der Waals surface area contributed by atoms with Crippen LogP contribution in [0.4, 0.5) is 0 Å². The molecule has 0 saturated carbocycles.